The Morgan fingerprint density at radius 2 is 2.03 bits per heavy atom. The number of aromatic nitrogens is 3. The van der Waals surface area contributed by atoms with Gasteiger partial charge in [0.05, 0.1) is 22.9 Å². The largest absolute Gasteiger partial charge is 0.489 e. The topological polar surface area (TPSA) is 59.7 Å². The van der Waals surface area contributed by atoms with Crippen LogP contribution in [-0.2, 0) is 11.4 Å². The van der Waals surface area contributed by atoms with Crippen molar-refractivity contribution in [3.8, 4) is 17.0 Å². The molecule has 5 rings (SSSR count). The second kappa shape index (κ2) is 9.74. The summed E-state index contributed by atoms with van der Waals surface area (Å²) in [4.78, 5) is 24.2. The summed E-state index contributed by atoms with van der Waals surface area (Å²) in [7, 11) is 0. The van der Waals surface area contributed by atoms with Crippen LogP contribution in [0.2, 0.25) is 0 Å². The van der Waals surface area contributed by atoms with Gasteiger partial charge in [-0.3, -0.25) is 14.2 Å². The minimum atomic E-state index is -0.0990. The van der Waals surface area contributed by atoms with E-state index in [2.05, 4.69) is 41.1 Å². The van der Waals surface area contributed by atoms with Gasteiger partial charge in [-0.15, -0.1) is 0 Å². The van der Waals surface area contributed by atoms with Crippen molar-refractivity contribution in [3.05, 3.63) is 96.2 Å². The smallest absolute Gasteiger partial charge is 0.246 e. The molecule has 3 heterocycles. The van der Waals surface area contributed by atoms with Crippen LogP contribution >= 0.6 is 0 Å². The number of likely N-dealkylation sites (tertiary alicyclic amines) is 1. The molecule has 0 saturated carbocycles. The molecule has 0 bridgehead atoms. The zero-order chi connectivity index (χ0) is 24.4. The fourth-order valence-corrected chi connectivity index (χ4v) is 4.94. The first kappa shape index (κ1) is 22.8. The molecule has 35 heavy (non-hydrogen) atoms. The number of amides is 1. The van der Waals surface area contributed by atoms with E-state index in [9.17, 15) is 4.79 Å². The lowest BCUT2D eigenvalue weighted by Gasteiger charge is -2.34. The van der Waals surface area contributed by atoms with Gasteiger partial charge >= 0.3 is 0 Å². The molecule has 1 amide bonds. The highest BCUT2D eigenvalue weighted by Crippen LogP contribution is 2.36. The Balaban J connectivity index is 1.53. The predicted octanol–water partition coefficient (Wildman–Crippen LogP) is 5.83. The molecule has 0 unspecified atom stereocenters. The van der Waals surface area contributed by atoms with Gasteiger partial charge in [0.1, 0.15) is 18.2 Å². The molecule has 6 heteroatoms. The van der Waals surface area contributed by atoms with Crippen LogP contribution in [0.15, 0.2) is 73.6 Å². The highest BCUT2D eigenvalue weighted by Gasteiger charge is 2.31. The Kier molecular flexibility index (Phi) is 6.36. The first-order valence-corrected chi connectivity index (χ1v) is 12.1. The minimum Gasteiger partial charge on any atom is -0.489 e. The molecule has 1 aliphatic rings. The summed E-state index contributed by atoms with van der Waals surface area (Å²) >= 11 is 0. The Bertz CT molecular complexity index is 1390. The molecule has 6 nitrogen and oxygen atoms in total. The van der Waals surface area contributed by atoms with E-state index in [1.807, 2.05) is 48.4 Å². The highest BCUT2D eigenvalue weighted by molar-refractivity contribution is 5.87. The fraction of sp³-hybridized carbons (Fsp3) is 0.276. The summed E-state index contributed by atoms with van der Waals surface area (Å²) in [6.07, 6.45) is 8.06. The Hall–Kier alpha value is -3.93. The van der Waals surface area contributed by atoms with Crippen LogP contribution in [0.3, 0.4) is 0 Å². The number of carbonyl (C=O) groups excluding carboxylic acids is 1. The van der Waals surface area contributed by atoms with Crippen molar-refractivity contribution in [1.82, 2.24) is 19.3 Å². The normalized spacial score (nSPS) is 15.8. The van der Waals surface area contributed by atoms with Crippen molar-refractivity contribution in [2.45, 2.75) is 45.8 Å². The molecular weight excluding hydrogens is 436 g/mol. The predicted molar refractivity (Wildman–Crippen MR) is 137 cm³/mol. The Morgan fingerprint density at radius 1 is 1.17 bits per heavy atom. The monoisotopic (exact) mass is 466 g/mol. The first-order valence-electron chi connectivity index (χ1n) is 12.1. The quantitative estimate of drug-likeness (QED) is 0.335. The fourth-order valence-electron chi connectivity index (χ4n) is 4.94. The lowest BCUT2D eigenvalue weighted by molar-refractivity contribution is -0.129. The molecule has 2 aromatic carbocycles. The number of imidazole rings is 1. The molecule has 2 aromatic heterocycles. The van der Waals surface area contributed by atoms with Crippen molar-refractivity contribution < 1.29 is 9.53 Å². The van der Waals surface area contributed by atoms with E-state index in [1.165, 1.54) is 11.6 Å². The number of hydrogen-bond acceptors (Lipinski definition) is 4. The third-order valence-corrected chi connectivity index (χ3v) is 6.62. The molecular formula is C29H30N4O2. The van der Waals surface area contributed by atoms with Gasteiger partial charge in [-0.05, 0) is 56.9 Å². The number of fused-ring (bicyclic) bond motifs is 1. The van der Waals surface area contributed by atoms with E-state index in [1.54, 1.807) is 6.20 Å². The molecule has 0 radical (unpaired) electrons. The van der Waals surface area contributed by atoms with Crippen LogP contribution < -0.4 is 4.74 Å². The summed E-state index contributed by atoms with van der Waals surface area (Å²) < 4.78 is 8.22. The lowest BCUT2D eigenvalue weighted by atomic mass is 10.0. The lowest BCUT2D eigenvalue weighted by Crippen LogP contribution is -2.38. The molecule has 0 aliphatic carbocycles. The van der Waals surface area contributed by atoms with Crippen LogP contribution in [0.25, 0.3) is 16.8 Å². The number of ether oxygens (including phenoxy) is 1. The van der Waals surface area contributed by atoms with Gasteiger partial charge < -0.3 is 9.64 Å². The number of benzene rings is 2. The Labute approximate surface area is 205 Å². The molecule has 0 N–H and O–H groups in total. The van der Waals surface area contributed by atoms with E-state index in [4.69, 9.17) is 9.72 Å². The average molecular weight is 467 g/mol. The summed E-state index contributed by atoms with van der Waals surface area (Å²) in [5.41, 5.74) is 6.01. The molecule has 4 aromatic rings. The third kappa shape index (κ3) is 4.56. The van der Waals surface area contributed by atoms with Crippen LogP contribution in [-0.4, -0.2) is 31.7 Å². The van der Waals surface area contributed by atoms with Crippen molar-refractivity contribution in [2.24, 2.45) is 0 Å². The van der Waals surface area contributed by atoms with Gasteiger partial charge in [0.15, 0.2) is 0 Å². The van der Waals surface area contributed by atoms with Crippen LogP contribution in [0.1, 0.15) is 47.9 Å². The molecule has 1 aliphatic heterocycles. The van der Waals surface area contributed by atoms with Gasteiger partial charge in [0.2, 0.25) is 5.91 Å². The Morgan fingerprint density at radius 3 is 2.86 bits per heavy atom. The van der Waals surface area contributed by atoms with Crippen molar-refractivity contribution >= 4 is 11.4 Å². The van der Waals surface area contributed by atoms with E-state index in [0.717, 1.165) is 58.9 Å². The maximum absolute atomic E-state index is 12.6. The van der Waals surface area contributed by atoms with Crippen LogP contribution in [0.4, 0.5) is 0 Å². The molecule has 1 fully saturated rings. The molecule has 0 spiro atoms. The summed E-state index contributed by atoms with van der Waals surface area (Å²) in [6.45, 7) is 9.00. The van der Waals surface area contributed by atoms with Gasteiger partial charge in [-0.25, -0.2) is 4.98 Å². The SMILES string of the molecule is C=CC(=O)N1CCCC[C@H]1c1nc(-c2cccc(OCc3cccc(C)c3)c2)c2c(C)nccn12. The summed E-state index contributed by atoms with van der Waals surface area (Å²) in [5, 5.41) is 0. The first-order chi connectivity index (χ1) is 17.0. The molecule has 1 saturated heterocycles. The maximum Gasteiger partial charge on any atom is 0.246 e. The van der Waals surface area contributed by atoms with Crippen molar-refractivity contribution in [3.63, 3.8) is 0 Å². The van der Waals surface area contributed by atoms with Gasteiger partial charge in [-0.2, -0.15) is 0 Å². The molecule has 178 valence electrons. The van der Waals surface area contributed by atoms with E-state index in [0.29, 0.717) is 13.2 Å². The average Bonchev–Trinajstić information content (AvgIpc) is 3.28. The van der Waals surface area contributed by atoms with Crippen molar-refractivity contribution in [2.75, 3.05) is 6.54 Å². The van der Waals surface area contributed by atoms with E-state index >= 15 is 0 Å². The number of carbonyl (C=O) groups is 1. The van der Waals surface area contributed by atoms with E-state index < -0.39 is 0 Å². The van der Waals surface area contributed by atoms with E-state index in [-0.39, 0.29) is 11.9 Å². The second-order valence-corrected chi connectivity index (χ2v) is 9.10. The second-order valence-electron chi connectivity index (χ2n) is 9.10. The van der Waals surface area contributed by atoms with Crippen LogP contribution in [0, 0.1) is 13.8 Å². The van der Waals surface area contributed by atoms with Crippen LogP contribution in [0.5, 0.6) is 5.75 Å². The summed E-state index contributed by atoms with van der Waals surface area (Å²) in [5.74, 6) is 1.60. The maximum atomic E-state index is 12.6. The highest BCUT2D eigenvalue weighted by atomic mass is 16.5. The third-order valence-electron chi connectivity index (χ3n) is 6.62. The number of hydrogen-bond donors (Lipinski definition) is 0. The van der Waals surface area contributed by atoms with Gasteiger partial charge in [0, 0.05) is 24.5 Å². The number of nitrogens with zero attached hydrogens (tertiary/aromatic N) is 4. The van der Waals surface area contributed by atoms with Crippen molar-refractivity contribution in [1.29, 1.82) is 0 Å². The zero-order valence-electron chi connectivity index (χ0n) is 20.3. The molecule has 1 atom stereocenters. The number of aryl methyl sites for hydroxylation is 2. The van der Waals surface area contributed by atoms with Gasteiger partial charge in [0.25, 0.3) is 0 Å². The van der Waals surface area contributed by atoms with Gasteiger partial charge in [-0.1, -0.05) is 48.5 Å². The zero-order valence-corrected chi connectivity index (χ0v) is 20.3. The standard InChI is InChI=1S/C29H30N4O2/c1-4-26(34)32-15-6-5-13-25(32)29-31-27(28-21(3)30-14-16-33(28)29)23-11-8-12-24(18-23)35-19-22-10-7-9-20(2)17-22/h4,7-12,14,16-18,25H,1,5-6,13,15,19H2,2-3H3/t25-/m0/s1. The summed E-state index contributed by atoms with van der Waals surface area (Å²) in [6, 6.07) is 16.3. The minimum absolute atomic E-state index is 0.0506. The number of piperidine rings is 1. The number of rotatable bonds is 6.